The van der Waals surface area contributed by atoms with Crippen molar-refractivity contribution in [3.05, 3.63) is 0 Å². The first-order valence-electron chi connectivity index (χ1n) is 8.61. The van der Waals surface area contributed by atoms with Gasteiger partial charge in [-0.15, -0.1) is 24.0 Å². The summed E-state index contributed by atoms with van der Waals surface area (Å²) >= 11 is 0. The van der Waals surface area contributed by atoms with E-state index in [1.807, 2.05) is 0 Å². The van der Waals surface area contributed by atoms with Gasteiger partial charge >= 0.3 is 0 Å². The molecule has 0 aliphatic carbocycles. The average molecular weight is 476 g/mol. The van der Waals surface area contributed by atoms with Gasteiger partial charge in [-0.1, -0.05) is 19.8 Å². The van der Waals surface area contributed by atoms with Crippen LogP contribution >= 0.6 is 24.0 Å². The lowest BCUT2D eigenvalue weighted by molar-refractivity contribution is 0.0200. The number of halogens is 1. The van der Waals surface area contributed by atoms with Crippen LogP contribution in [0.15, 0.2) is 4.99 Å². The topological polar surface area (TPSA) is 91.8 Å². The molecule has 0 bridgehead atoms. The maximum Gasteiger partial charge on any atom is 0.213 e. The van der Waals surface area contributed by atoms with E-state index in [0.717, 1.165) is 38.8 Å². The van der Waals surface area contributed by atoms with Crippen molar-refractivity contribution in [3.8, 4) is 0 Å². The van der Waals surface area contributed by atoms with Gasteiger partial charge in [0.2, 0.25) is 10.0 Å². The highest BCUT2D eigenvalue weighted by atomic mass is 127. The van der Waals surface area contributed by atoms with Gasteiger partial charge in [-0.2, -0.15) is 0 Å². The Kier molecular flexibility index (Phi) is 14.0. The Morgan fingerprint density at radius 2 is 1.96 bits per heavy atom. The molecule has 1 saturated heterocycles. The summed E-state index contributed by atoms with van der Waals surface area (Å²) in [6, 6.07) is 0. The molecule has 9 heteroatoms. The van der Waals surface area contributed by atoms with Crippen LogP contribution in [0.5, 0.6) is 0 Å². The van der Waals surface area contributed by atoms with Crippen LogP contribution in [0.1, 0.15) is 45.4 Å². The molecule has 7 nitrogen and oxygen atoms in total. The van der Waals surface area contributed by atoms with Gasteiger partial charge in [0.25, 0.3) is 0 Å². The normalized spacial score (nSPS) is 18.8. The molecule has 1 rings (SSSR count). The van der Waals surface area contributed by atoms with E-state index in [-0.39, 0.29) is 35.8 Å². The van der Waals surface area contributed by atoms with E-state index < -0.39 is 10.0 Å². The van der Waals surface area contributed by atoms with Crippen molar-refractivity contribution in [2.24, 2.45) is 4.99 Å². The van der Waals surface area contributed by atoms with E-state index in [9.17, 15) is 8.42 Å². The first-order chi connectivity index (χ1) is 11.1. The molecular formula is C15H33IN4O3S. The number of ether oxygens (including phenoxy) is 1. The molecule has 0 amide bonds. The number of aliphatic imine (C=N–C) groups is 1. The highest BCUT2D eigenvalue weighted by Gasteiger charge is 2.17. The van der Waals surface area contributed by atoms with E-state index in [1.54, 1.807) is 7.05 Å². The van der Waals surface area contributed by atoms with Crippen molar-refractivity contribution in [1.29, 1.82) is 0 Å². The molecule has 1 atom stereocenters. The second-order valence-electron chi connectivity index (χ2n) is 5.79. The van der Waals surface area contributed by atoms with Gasteiger partial charge < -0.3 is 15.4 Å². The summed E-state index contributed by atoms with van der Waals surface area (Å²) in [6.07, 6.45) is 6.53. The number of nitrogens with one attached hydrogen (secondary N) is 3. The zero-order chi connectivity index (χ0) is 17.0. The van der Waals surface area contributed by atoms with Crippen molar-refractivity contribution in [2.75, 3.05) is 39.0 Å². The molecule has 1 fully saturated rings. The maximum absolute atomic E-state index is 12.0. The summed E-state index contributed by atoms with van der Waals surface area (Å²) in [6.45, 7) is 4.43. The largest absolute Gasteiger partial charge is 0.377 e. The predicted molar refractivity (Wildman–Crippen MR) is 110 cm³/mol. The summed E-state index contributed by atoms with van der Waals surface area (Å²) in [4.78, 5) is 4.08. The second-order valence-corrected chi connectivity index (χ2v) is 7.72. The molecule has 1 aliphatic heterocycles. The Morgan fingerprint density at radius 1 is 1.21 bits per heavy atom. The SMILES string of the molecule is CCCCCNC(=NC)NCCS(=O)(=O)NCC1CCCCO1.I. The lowest BCUT2D eigenvalue weighted by Crippen LogP contribution is -2.42. The standard InChI is InChI=1S/C15H32N4O3S.HI/c1-3-4-6-9-17-15(16-2)18-10-12-23(20,21)19-13-14-8-5-7-11-22-14;/h14,19H,3-13H2,1-2H3,(H2,16,17,18);1H. The fraction of sp³-hybridized carbons (Fsp3) is 0.933. The number of guanidine groups is 1. The van der Waals surface area contributed by atoms with Crippen LogP contribution in [0.3, 0.4) is 0 Å². The van der Waals surface area contributed by atoms with Gasteiger partial charge in [-0.3, -0.25) is 4.99 Å². The van der Waals surface area contributed by atoms with Crippen LogP contribution < -0.4 is 15.4 Å². The number of hydrogen-bond donors (Lipinski definition) is 3. The fourth-order valence-corrected chi connectivity index (χ4v) is 3.32. The van der Waals surface area contributed by atoms with Gasteiger partial charge in [0, 0.05) is 33.3 Å². The first-order valence-corrected chi connectivity index (χ1v) is 10.3. The minimum Gasteiger partial charge on any atom is -0.377 e. The Morgan fingerprint density at radius 3 is 2.58 bits per heavy atom. The smallest absolute Gasteiger partial charge is 0.213 e. The van der Waals surface area contributed by atoms with E-state index in [0.29, 0.717) is 19.0 Å². The van der Waals surface area contributed by atoms with Crippen molar-refractivity contribution < 1.29 is 13.2 Å². The van der Waals surface area contributed by atoms with E-state index in [1.165, 1.54) is 12.8 Å². The Bertz CT molecular complexity index is 440. The van der Waals surface area contributed by atoms with E-state index in [4.69, 9.17) is 4.74 Å². The predicted octanol–water partition coefficient (Wildman–Crippen LogP) is 1.45. The summed E-state index contributed by atoms with van der Waals surface area (Å²) in [5, 5.41) is 6.21. The molecule has 24 heavy (non-hydrogen) atoms. The van der Waals surface area contributed by atoms with Crippen LogP contribution in [0, 0.1) is 0 Å². The molecule has 0 aromatic heterocycles. The van der Waals surface area contributed by atoms with Gasteiger partial charge in [0.05, 0.1) is 11.9 Å². The Labute approximate surface area is 163 Å². The molecular weight excluding hydrogens is 443 g/mol. The molecule has 1 aliphatic rings. The number of unbranched alkanes of at least 4 members (excludes halogenated alkanes) is 2. The maximum atomic E-state index is 12.0. The highest BCUT2D eigenvalue weighted by molar-refractivity contribution is 14.0. The number of sulfonamides is 1. The zero-order valence-corrected chi connectivity index (χ0v) is 18.0. The van der Waals surface area contributed by atoms with Gasteiger partial charge in [-0.25, -0.2) is 13.1 Å². The third-order valence-corrected chi connectivity index (χ3v) is 5.11. The summed E-state index contributed by atoms with van der Waals surface area (Å²) in [7, 11) is -1.61. The van der Waals surface area contributed by atoms with Crippen molar-refractivity contribution >= 4 is 40.0 Å². The van der Waals surface area contributed by atoms with Crippen LogP contribution in [0.4, 0.5) is 0 Å². The van der Waals surface area contributed by atoms with Crippen molar-refractivity contribution in [3.63, 3.8) is 0 Å². The monoisotopic (exact) mass is 476 g/mol. The van der Waals surface area contributed by atoms with Gasteiger partial charge in [0.15, 0.2) is 5.96 Å². The third kappa shape index (κ3) is 11.4. The molecule has 3 N–H and O–H groups in total. The molecule has 0 aromatic carbocycles. The first kappa shape index (κ1) is 23.9. The minimum absolute atomic E-state index is 0. The van der Waals surface area contributed by atoms with Crippen molar-refractivity contribution in [1.82, 2.24) is 15.4 Å². The lowest BCUT2D eigenvalue weighted by atomic mass is 10.1. The van der Waals surface area contributed by atoms with Gasteiger partial charge in [-0.05, 0) is 25.7 Å². The molecule has 1 heterocycles. The fourth-order valence-electron chi connectivity index (χ4n) is 2.37. The molecule has 0 radical (unpaired) electrons. The molecule has 0 saturated carbocycles. The number of nitrogens with zero attached hydrogens (tertiary/aromatic N) is 1. The van der Waals surface area contributed by atoms with Crippen LogP contribution in [0.25, 0.3) is 0 Å². The Balaban J connectivity index is 0.00000529. The molecule has 0 spiro atoms. The third-order valence-electron chi connectivity index (χ3n) is 3.76. The lowest BCUT2D eigenvalue weighted by Gasteiger charge is -2.22. The molecule has 144 valence electrons. The number of hydrogen-bond acceptors (Lipinski definition) is 4. The average Bonchev–Trinajstić information content (AvgIpc) is 2.56. The Hall–Kier alpha value is -0.130. The molecule has 1 unspecified atom stereocenters. The van der Waals surface area contributed by atoms with Crippen LogP contribution in [-0.2, 0) is 14.8 Å². The minimum atomic E-state index is -3.29. The van der Waals surface area contributed by atoms with Crippen LogP contribution in [-0.4, -0.2) is 59.5 Å². The van der Waals surface area contributed by atoms with Crippen LogP contribution in [0.2, 0.25) is 0 Å². The zero-order valence-electron chi connectivity index (χ0n) is 14.8. The molecule has 0 aromatic rings. The van der Waals surface area contributed by atoms with E-state index in [2.05, 4.69) is 27.3 Å². The highest BCUT2D eigenvalue weighted by Crippen LogP contribution is 2.11. The summed E-state index contributed by atoms with van der Waals surface area (Å²) in [5.74, 6) is 0.668. The second kappa shape index (κ2) is 14.1. The number of rotatable bonds is 10. The quantitative estimate of drug-likeness (QED) is 0.192. The van der Waals surface area contributed by atoms with E-state index >= 15 is 0 Å². The van der Waals surface area contributed by atoms with Crippen molar-refractivity contribution in [2.45, 2.75) is 51.6 Å². The summed E-state index contributed by atoms with van der Waals surface area (Å²) < 4.78 is 32.1. The summed E-state index contributed by atoms with van der Waals surface area (Å²) in [5.41, 5.74) is 0. The van der Waals surface area contributed by atoms with Gasteiger partial charge in [0.1, 0.15) is 0 Å².